The number of Topliss-reactive ketones (excluding diaryl/α,β-unsaturated/α-hetero) is 1. The predicted molar refractivity (Wildman–Crippen MR) is 105 cm³/mol. The molecule has 1 unspecified atom stereocenters. The first-order chi connectivity index (χ1) is 13.9. The predicted octanol–water partition coefficient (Wildman–Crippen LogP) is 4.91. The Kier molecular flexibility index (Phi) is 4.92. The number of allylic oxidation sites excluding steroid dienone is 2. The van der Waals surface area contributed by atoms with Gasteiger partial charge in [0.2, 0.25) is 5.91 Å². The van der Waals surface area contributed by atoms with Gasteiger partial charge in [0.1, 0.15) is 5.82 Å². The molecule has 6 nitrogen and oxygen atoms in total. The Hall–Kier alpha value is -3.06. The van der Waals surface area contributed by atoms with Crippen molar-refractivity contribution in [2.45, 2.75) is 31.6 Å². The average Bonchev–Trinajstić information content (AvgIpc) is 2.70. The molecule has 4 rings (SSSR count). The van der Waals surface area contributed by atoms with E-state index in [4.69, 9.17) is 11.6 Å². The van der Waals surface area contributed by atoms with Gasteiger partial charge in [-0.05, 0) is 36.6 Å². The van der Waals surface area contributed by atoms with E-state index in [0.29, 0.717) is 41.8 Å². The van der Waals surface area contributed by atoms with Crippen molar-refractivity contribution >= 4 is 34.7 Å². The summed E-state index contributed by atoms with van der Waals surface area (Å²) in [5, 5.41) is 10.8. The number of halogens is 2. The maximum atomic E-state index is 13.6. The number of benzene rings is 2. The fraction of sp³-hybridized carbons (Fsp3) is 0.238. The number of non-ortho nitro benzene ring substituents is 1. The van der Waals surface area contributed by atoms with Crippen LogP contribution >= 0.6 is 11.6 Å². The summed E-state index contributed by atoms with van der Waals surface area (Å²) in [5.41, 5.74) is 2.20. The molecular formula is C21H16ClFN2O4. The topological polar surface area (TPSA) is 80.5 Å². The van der Waals surface area contributed by atoms with Gasteiger partial charge in [0.15, 0.2) is 5.78 Å². The standard InChI is InChI=1S/C21H16ClFN2O4/c22-16-10-14(8-9-17(16)23)24-18-2-1-3-19(26)21(18)15(11-20(24)27)12-4-6-13(7-5-12)25(28)29/h4-10,15H,1-3,11H2. The quantitative estimate of drug-likeness (QED) is 0.527. The van der Waals surface area contributed by atoms with E-state index in [9.17, 15) is 24.1 Å². The van der Waals surface area contributed by atoms with Crippen LogP contribution < -0.4 is 4.90 Å². The molecule has 148 valence electrons. The zero-order chi connectivity index (χ0) is 20.7. The van der Waals surface area contributed by atoms with Crippen LogP contribution in [0, 0.1) is 15.9 Å². The molecule has 1 amide bonds. The highest BCUT2D eigenvalue weighted by Crippen LogP contribution is 2.44. The van der Waals surface area contributed by atoms with Crippen LogP contribution in [0.4, 0.5) is 15.8 Å². The van der Waals surface area contributed by atoms with Gasteiger partial charge in [-0.25, -0.2) is 4.39 Å². The third-order valence-corrected chi connectivity index (χ3v) is 5.63. The average molecular weight is 415 g/mol. The molecule has 0 spiro atoms. The van der Waals surface area contributed by atoms with Crippen molar-refractivity contribution in [1.29, 1.82) is 0 Å². The second kappa shape index (κ2) is 7.40. The third kappa shape index (κ3) is 3.42. The van der Waals surface area contributed by atoms with Crippen molar-refractivity contribution in [3.63, 3.8) is 0 Å². The first-order valence-electron chi connectivity index (χ1n) is 9.15. The van der Waals surface area contributed by atoms with Gasteiger partial charge in [-0.1, -0.05) is 23.7 Å². The summed E-state index contributed by atoms with van der Waals surface area (Å²) in [6.45, 7) is 0. The summed E-state index contributed by atoms with van der Waals surface area (Å²) in [6, 6.07) is 9.97. The summed E-state index contributed by atoms with van der Waals surface area (Å²) in [6.07, 6.45) is 1.57. The number of ketones is 1. The van der Waals surface area contributed by atoms with Gasteiger partial charge in [-0.3, -0.25) is 24.6 Å². The zero-order valence-corrected chi connectivity index (χ0v) is 16.0. The number of carbonyl (C=O) groups is 2. The molecule has 1 heterocycles. The van der Waals surface area contributed by atoms with Gasteiger partial charge in [-0.2, -0.15) is 0 Å². The lowest BCUT2D eigenvalue weighted by molar-refractivity contribution is -0.384. The highest BCUT2D eigenvalue weighted by molar-refractivity contribution is 6.31. The van der Waals surface area contributed by atoms with Crippen LogP contribution in [-0.2, 0) is 9.59 Å². The smallest absolute Gasteiger partial charge is 0.269 e. The van der Waals surface area contributed by atoms with E-state index < -0.39 is 16.7 Å². The zero-order valence-electron chi connectivity index (χ0n) is 15.2. The molecule has 0 bridgehead atoms. The monoisotopic (exact) mass is 414 g/mol. The maximum Gasteiger partial charge on any atom is 0.269 e. The first kappa shape index (κ1) is 19.3. The number of rotatable bonds is 3. The summed E-state index contributed by atoms with van der Waals surface area (Å²) in [5.74, 6) is -1.32. The highest BCUT2D eigenvalue weighted by atomic mass is 35.5. The molecule has 0 aromatic heterocycles. The van der Waals surface area contributed by atoms with Crippen molar-refractivity contribution in [1.82, 2.24) is 0 Å². The van der Waals surface area contributed by atoms with E-state index in [2.05, 4.69) is 0 Å². The molecule has 0 saturated heterocycles. The van der Waals surface area contributed by atoms with Crippen molar-refractivity contribution in [3.05, 3.63) is 80.3 Å². The first-order valence-corrected chi connectivity index (χ1v) is 9.53. The summed E-state index contributed by atoms with van der Waals surface area (Å²) in [7, 11) is 0. The molecule has 0 N–H and O–H groups in total. The minimum Gasteiger partial charge on any atom is -0.294 e. The minimum absolute atomic E-state index is 0.0391. The van der Waals surface area contributed by atoms with E-state index in [-0.39, 0.29) is 28.8 Å². The number of nitro groups is 1. The molecule has 0 radical (unpaired) electrons. The largest absolute Gasteiger partial charge is 0.294 e. The lowest BCUT2D eigenvalue weighted by Crippen LogP contribution is -2.40. The molecule has 1 aliphatic heterocycles. The number of carbonyl (C=O) groups excluding carboxylic acids is 2. The van der Waals surface area contributed by atoms with Crippen LogP contribution in [0.5, 0.6) is 0 Å². The molecule has 1 atom stereocenters. The van der Waals surface area contributed by atoms with Gasteiger partial charge in [-0.15, -0.1) is 0 Å². The summed E-state index contributed by atoms with van der Waals surface area (Å²) >= 11 is 5.90. The van der Waals surface area contributed by atoms with E-state index in [1.165, 1.54) is 35.2 Å². The van der Waals surface area contributed by atoms with Crippen molar-refractivity contribution in [3.8, 4) is 0 Å². The Balaban J connectivity index is 1.82. The summed E-state index contributed by atoms with van der Waals surface area (Å²) in [4.78, 5) is 37.7. The van der Waals surface area contributed by atoms with Crippen molar-refractivity contribution in [2.24, 2.45) is 0 Å². The Morgan fingerprint density at radius 2 is 1.83 bits per heavy atom. The number of hydrogen-bond donors (Lipinski definition) is 0. The van der Waals surface area contributed by atoms with Gasteiger partial charge < -0.3 is 0 Å². The molecular weight excluding hydrogens is 399 g/mol. The molecule has 0 fully saturated rings. The molecule has 2 aromatic carbocycles. The molecule has 2 aromatic rings. The Bertz CT molecular complexity index is 1060. The lowest BCUT2D eigenvalue weighted by atomic mass is 9.77. The van der Waals surface area contributed by atoms with Crippen LogP contribution in [0.2, 0.25) is 5.02 Å². The van der Waals surface area contributed by atoms with Crippen LogP contribution in [-0.4, -0.2) is 16.6 Å². The Morgan fingerprint density at radius 1 is 1.10 bits per heavy atom. The molecule has 8 heteroatoms. The van der Waals surface area contributed by atoms with Crippen molar-refractivity contribution in [2.75, 3.05) is 4.90 Å². The molecule has 1 aliphatic carbocycles. The fourth-order valence-electron chi connectivity index (χ4n) is 4.03. The van der Waals surface area contributed by atoms with Gasteiger partial charge >= 0.3 is 0 Å². The van der Waals surface area contributed by atoms with E-state index in [1.54, 1.807) is 12.1 Å². The van der Waals surface area contributed by atoms with Crippen molar-refractivity contribution < 1.29 is 18.9 Å². The normalized spacial score (nSPS) is 19.4. The van der Waals surface area contributed by atoms with E-state index in [0.717, 1.165) is 0 Å². The number of nitro benzene ring substituents is 1. The highest BCUT2D eigenvalue weighted by Gasteiger charge is 2.39. The lowest BCUT2D eigenvalue weighted by Gasteiger charge is -2.38. The number of nitrogens with zero attached hydrogens (tertiary/aromatic N) is 2. The Labute approximate surface area is 170 Å². The van der Waals surface area contributed by atoms with E-state index in [1.807, 2.05) is 0 Å². The van der Waals surface area contributed by atoms with Gasteiger partial charge in [0, 0.05) is 42.2 Å². The number of anilines is 1. The number of amides is 1. The van der Waals surface area contributed by atoms with Crippen LogP contribution in [0.25, 0.3) is 0 Å². The minimum atomic E-state index is -0.586. The van der Waals surface area contributed by atoms with Crippen LogP contribution in [0.15, 0.2) is 53.7 Å². The molecule has 2 aliphatic rings. The SMILES string of the molecule is O=C1CCCC2=C1C(c1ccc([N+](=O)[O-])cc1)CC(=O)N2c1ccc(F)c(Cl)c1. The second-order valence-corrected chi connectivity index (χ2v) is 7.48. The fourth-order valence-corrected chi connectivity index (χ4v) is 4.20. The summed E-state index contributed by atoms with van der Waals surface area (Å²) < 4.78 is 13.6. The van der Waals surface area contributed by atoms with Crippen LogP contribution in [0.3, 0.4) is 0 Å². The molecule has 29 heavy (non-hydrogen) atoms. The van der Waals surface area contributed by atoms with E-state index >= 15 is 0 Å². The number of hydrogen-bond acceptors (Lipinski definition) is 4. The Morgan fingerprint density at radius 3 is 2.48 bits per heavy atom. The van der Waals surface area contributed by atoms with Crippen LogP contribution in [0.1, 0.15) is 37.2 Å². The molecule has 0 saturated carbocycles. The third-order valence-electron chi connectivity index (χ3n) is 5.34. The maximum absolute atomic E-state index is 13.6. The second-order valence-electron chi connectivity index (χ2n) is 7.07. The van der Waals surface area contributed by atoms with Gasteiger partial charge in [0.25, 0.3) is 5.69 Å². The van der Waals surface area contributed by atoms with Gasteiger partial charge in [0.05, 0.1) is 15.6 Å².